The van der Waals surface area contributed by atoms with Gasteiger partial charge in [-0.25, -0.2) is 4.79 Å². The van der Waals surface area contributed by atoms with Crippen LogP contribution in [0.3, 0.4) is 0 Å². The second-order valence-electron chi connectivity index (χ2n) is 5.88. The van der Waals surface area contributed by atoms with Gasteiger partial charge in [0.1, 0.15) is 0 Å². The molecule has 3 heterocycles. The Kier molecular flexibility index (Phi) is 4.77. The minimum absolute atomic E-state index is 0.0352. The van der Waals surface area contributed by atoms with Crippen molar-refractivity contribution in [3.05, 3.63) is 40.3 Å². The van der Waals surface area contributed by atoms with Crippen LogP contribution in [0.5, 0.6) is 0 Å². The van der Waals surface area contributed by atoms with Crippen molar-refractivity contribution in [2.75, 3.05) is 13.1 Å². The minimum Gasteiger partial charge on any atom is -0.337 e. The first kappa shape index (κ1) is 15.1. The SMILES string of the molecule is C[C@@H](CNC(=O)N1CCCC[C@@H]1c1cn[nH]c1)c1ccsc1. The molecule has 1 aliphatic heterocycles. The van der Waals surface area contributed by atoms with Crippen molar-refractivity contribution in [2.45, 2.75) is 38.1 Å². The van der Waals surface area contributed by atoms with Crippen LogP contribution >= 0.6 is 11.3 Å². The summed E-state index contributed by atoms with van der Waals surface area (Å²) in [6, 6.07) is 2.30. The molecule has 0 aromatic carbocycles. The Labute approximate surface area is 134 Å². The second kappa shape index (κ2) is 6.96. The molecule has 2 N–H and O–H groups in total. The van der Waals surface area contributed by atoms with Gasteiger partial charge in [-0.05, 0) is 47.6 Å². The van der Waals surface area contributed by atoms with Crippen LogP contribution in [-0.2, 0) is 0 Å². The van der Waals surface area contributed by atoms with Crippen LogP contribution in [0.2, 0.25) is 0 Å². The third-order valence-electron chi connectivity index (χ3n) is 4.34. The molecule has 6 heteroatoms. The van der Waals surface area contributed by atoms with E-state index in [0.29, 0.717) is 12.5 Å². The Morgan fingerprint density at radius 3 is 3.23 bits per heavy atom. The van der Waals surface area contributed by atoms with Crippen molar-refractivity contribution in [3.63, 3.8) is 0 Å². The first-order valence-corrected chi connectivity index (χ1v) is 8.75. The average Bonchev–Trinajstić information content (AvgIpc) is 3.24. The maximum atomic E-state index is 12.6. The summed E-state index contributed by atoms with van der Waals surface area (Å²) in [6.07, 6.45) is 6.95. The largest absolute Gasteiger partial charge is 0.337 e. The number of carbonyl (C=O) groups is 1. The summed E-state index contributed by atoms with van der Waals surface area (Å²) in [4.78, 5) is 14.5. The van der Waals surface area contributed by atoms with Gasteiger partial charge in [0.15, 0.2) is 0 Å². The molecule has 5 nitrogen and oxygen atoms in total. The van der Waals surface area contributed by atoms with Gasteiger partial charge in [-0.1, -0.05) is 6.92 Å². The molecule has 0 spiro atoms. The van der Waals surface area contributed by atoms with Gasteiger partial charge >= 0.3 is 6.03 Å². The summed E-state index contributed by atoms with van der Waals surface area (Å²) in [5, 5.41) is 14.2. The molecule has 0 radical (unpaired) electrons. The molecular weight excluding hydrogens is 296 g/mol. The number of hydrogen-bond acceptors (Lipinski definition) is 3. The van der Waals surface area contributed by atoms with Crippen LogP contribution in [0.4, 0.5) is 4.79 Å². The molecule has 0 saturated carbocycles. The van der Waals surface area contributed by atoms with Gasteiger partial charge in [0.05, 0.1) is 12.2 Å². The molecule has 1 fully saturated rings. The van der Waals surface area contributed by atoms with E-state index in [1.54, 1.807) is 11.3 Å². The minimum atomic E-state index is 0.0352. The van der Waals surface area contributed by atoms with E-state index in [1.165, 1.54) is 5.56 Å². The van der Waals surface area contributed by atoms with Gasteiger partial charge in [-0.15, -0.1) is 0 Å². The monoisotopic (exact) mass is 318 g/mol. The van der Waals surface area contributed by atoms with E-state index >= 15 is 0 Å². The Balaban J connectivity index is 1.60. The zero-order valence-corrected chi connectivity index (χ0v) is 13.6. The van der Waals surface area contributed by atoms with Gasteiger partial charge in [0.25, 0.3) is 0 Å². The second-order valence-corrected chi connectivity index (χ2v) is 6.66. The fraction of sp³-hybridized carbons (Fsp3) is 0.500. The maximum Gasteiger partial charge on any atom is 0.317 e. The van der Waals surface area contributed by atoms with Crippen molar-refractivity contribution in [3.8, 4) is 0 Å². The molecule has 2 aromatic rings. The number of likely N-dealkylation sites (tertiary alicyclic amines) is 1. The summed E-state index contributed by atoms with van der Waals surface area (Å²) in [7, 11) is 0. The molecule has 22 heavy (non-hydrogen) atoms. The van der Waals surface area contributed by atoms with Crippen LogP contribution in [0, 0.1) is 0 Å². The van der Waals surface area contributed by atoms with E-state index in [1.807, 2.05) is 17.3 Å². The van der Waals surface area contributed by atoms with Gasteiger partial charge in [0.2, 0.25) is 0 Å². The van der Waals surface area contributed by atoms with E-state index in [-0.39, 0.29) is 12.1 Å². The molecule has 3 rings (SSSR count). The summed E-state index contributed by atoms with van der Waals surface area (Å²) < 4.78 is 0. The lowest BCUT2D eigenvalue weighted by Gasteiger charge is -2.35. The number of piperidine rings is 1. The summed E-state index contributed by atoms with van der Waals surface area (Å²) in [6.45, 7) is 3.63. The molecule has 2 aromatic heterocycles. The highest BCUT2D eigenvalue weighted by Gasteiger charge is 2.28. The molecule has 0 bridgehead atoms. The topological polar surface area (TPSA) is 61.0 Å². The number of aromatic amines is 1. The van der Waals surface area contributed by atoms with Gasteiger partial charge in [-0.3, -0.25) is 5.10 Å². The predicted molar refractivity (Wildman–Crippen MR) is 88.0 cm³/mol. The van der Waals surface area contributed by atoms with Crippen molar-refractivity contribution in [1.29, 1.82) is 0 Å². The highest BCUT2D eigenvalue weighted by atomic mass is 32.1. The predicted octanol–water partition coefficient (Wildman–Crippen LogP) is 3.51. The van der Waals surface area contributed by atoms with E-state index < -0.39 is 0 Å². The number of hydrogen-bond donors (Lipinski definition) is 2. The number of nitrogens with zero attached hydrogens (tertiary/aromatic N) is 2. The van der Waals surface area contributed by atoms with Crippen molar-refractivity contribution in [1.82, 2.24) is 20.4 Å². The normalized spacial score (nSPS) is 19.9. The standard InChI is InChI=1S/C16H22N4OS/c1-12(13-5-7-22-11-13)8-17-16(21)20-6-3-2-4-15(20)14-9-18-19-10-14/h5,7,9-12,15H,2-4,6,8H2,1H3,(H,17,21)(H,18,19)/t12-,15+/m0/s1. The van der Waals surface area contributed by atoms with E-state index in [2.05, 4.69) is 39.3 Å². The summed E-state index contributed by atoms with van der Waals surface area (Å²) in [5.41, 5.74) is 2.39. The van der Waals surface area contributed by atoms with Gasteiger partial charge in [-0.2, -0.15) is 16.4 Å². The molecule has 0 unspecified atom stereocenters. The van der Waals surface area contributed by atoms with Crippen molar-refractivity contribution in [2.24, 2.45) is 0 Å². The van der Waals surface area contributed by atoms with Crippen molar-refractivity contribution < 1.29 is 4.79 Å². The molecule has 2 atom stereocenters. The number of rotatable bonds is 4. The molecule has 2 amide bonds. The van der Waals surface area contributed by atoms with Crippen molar-refractivity contribution >= 4 is 17.4 Å². The van der Waals surface area contributed by atoms with Crippen LogP contribution in [0.1, 0.15) is 49.3 Å². The third-order valence-corrected chi connectivity index (χ3v) is 5.04. The van der Waals surface area contributed by atoms with Crippen LogP contribution in [0.15, 0.2) is 29.2 Å². The fourth-order valence-electron chi connectivity index (χ4n) is 2.98. The smallest absolute Gasteiger partial charge is 0.317 e. The van der Waals surface area contributed by atoms with E-state index in [4.69, 9.17) is 0 Å². The lowest BCUT2D eigenvalue weighted by atomic mass is 9.98. The van der Waals surface area contributed by atoms with Gasteiger partial charge in [0, 0.05) is 24.8 Å². The number of nitrogens with one attached hydrogen (secondary N) is 2. The molecule has 118 valence electrons. The number of carbonyl (C=O) groups excluding carboxylic acids is 1. The Morgan fingerprint density at radius 2 is 2.50 bits per heavy atom. The first-order valence-electron chi connectivity index (χ1n) is 7.81. The van der Waals surface area contributed by atoms with E-state index in [0.717, 1.165) is 31.4 Å². The fourth-order valence-corrected chi connectivity index (χ4v) is 3.76. The average molecular weight is 318 g/mol. The number of amides is 2. The number of urea groups is 1. The van der Waals surface area contributed by atoms with Crippen LogP contribution < -0.4 is 5.32 Å². The third kappa shape index (κ3) is 3.32. The highest BCUT2D eigenvalue weighted by molar-refractivity contribution is 7.07. The van der Waals surface area contributed by atoms with Crippen LogP contribution in [-0.4, -0.2) is 34.2 Å². The number of aromatic nitrogens is 2. The Bertz CT molecular complexity index is 581. The Morgan fingerprint density at radius 1 is 1.59 bits per heavy atom. The zero-order chi connectivity index (χ0) is 15.4. The number of thiophene rings is 1. The summed E-state index contributed by atoms with van der Waals surface area (Å²) in [5.74, 6) is 0.340. The van der Waals surface area contributed by atoms with Crippen LogP contribution in [0.25, 0.3) is 0 Å². The quantitative estimate of drug-likeness (QED) is 0.906. The Hall–Kier alpha value is -1.82. The molecule has 1 saturated heterocycles. The maximum absolute atomic E-state index is 12.6. The van der Waals surface area contributed by atoms with Gasteiger partial charge < -0.3 is 10.2 Å². The lowest BCUT2D eigenvalue weighted by Crippen LogP contribution is -2.45. The lowest BCUT2D eigenvalue weighted by molar-refractivity contribution is 0.151. The molecule has 1 aliphatic rings. The molecule has 0 aliphatic carbocycles. The van der Waals surface area contributed by atoms with E-state index in [9.17, 15) is 4.79 Å². The zero-order valence-electron chi connectivity index (χ0n) is 12.8. The highest BCUT2D eigenvalue weighted by Crippen LogP contribution is 2.30. The summed E-state index contributed by atoms with van der Waals surface area (Å²) >= 11 is 1.70. The first-order chi connectivity index (χ1) is 10.8. The number of H-pyrrole nitrogens is 1. The molecular formula is C16H22N4OS.